The highest BCUT2D eigenvalue weighted by Gasteiger charge is 2.33. The molecule has 2 fully saturated rings. The Morgan fingerprint density at radius 1 is 1.27 bits per heavy atom. The quantitative estimate of drug-likeness (QED) is 0.762. The van der Waals surface area contributed by atoms with Crippen LogP contribution in [0, 0.1) is 5.41 Å². The average molecular weight is 404 g/mol. The van der Waals surface area contributed by atoms with E-state index in [0.29, 0.717) is 25.6 Å². The molecule has 1 atom stereocenters. The smallest absolute Gasteiger partial charge is 0.220 e. The van der Waals surface area contributed by atoms with E-state index < -0.39 is 0 Å². The van der Waals surface area contributed by atoms with Crippen LogP contribution in [0.4, 0.5) is 5.82 Å². The van der Waals surface area contributed by atoms with Gasteiger partial charge in [-0.3, -0.25) is 4.79 Å². The number of amides is 1. The number of aromatic nitrogens is 2. The van der Waals surface area contributed by atoms with Crippen LogP contribution >= 0.6 is 24.8 Å². The maximum absolute atomic E-state index is 12.5. The maximum atomic E-state index is 12.5. The lowest BCUT2D eigenvalue weighted by atomic mass is 9.71. The van der Waals surface area contributed by atoms with Crippen molar-refractivity contribution < 1.29 is 4.79 Å². The Morgan fingerprint density at radius 3 is 2.69 bits per heavy atom. The minimum absolute atomic E-state index is 0. The van der Waals surface area contributed by atoms with Crippen molar-refractivity contribution >= 4 is 36.5 Å². The second kappa shape index (κ2) is 10.9. The summed E-state index contributed by atoms with van der Waals surface area (Å²) in [5, 5.41) is 11.3. The maximum Gasteiger partial charge on any atom is 0.220 e. The zero-order valence-corrected chi connectivity index (χ0v) is 16.9. The lowest BCUT2D eigenvalue weighted by Gasteiger charge is -2.36. The van der Waals surface area contributed by atoms with Crippen LogP contribution in [0.2, 0.25) is 0 Å². The first-order valence-electron chi connectivity index (χ1n) is 9.24. The first kappa shape index (κ1) is 22.9. The summed E-state index contributed by atoms with van der Waals surface area (Å²) in [6.45, 7) is 2.28. The molecule has 1 saturated heterocycles. The Morgan fingerprint density at radius 2 is 2.04 bits per heavy atom. The number of anilines is 1. The molecule has 2 heterocycles. The number of hydrogen-bond donors (Lipinski definition) is 2. The van der Waals surface area contributed by atoms with Gasteiger partial charge in [-0.05, 0) is 49.8 Å². The van der Waals surface area contributed by atoms with Crippen molar-refractivity contribution in [3.05, 3.63) is 18.3 Å². The van der Waals surface area contributed by atoms with E-state index in [4.69, 9.17) is 5.73 Å². The predicted molar refractivity (Wildman–Crippen MR) is 109 cm³/mol. The highest BCUT2D eigenvalue weighted by Crippen LogP contribution is 2.38. The fourth-order valence-corrected chi connectivity index (χ4v) is 4.19. The van der Waals surface area contributed by atoms with Crippen LogP contribution in [-0.4, -0.2) is 41.8 Å². The first-order valence-corrected chi connectivity index (χ1v) is 9.24. The molecule has 0 spiro atoms. The molecule has 1 aliphatic carbocycles. The van der Waals surface area contributed by atoms with Crippen molar-refractivity contribution in [3.8, 4) is 0 Å². The Labute approximate surface area is 168 Å². The van der Waals surface area contributed by atoms with Gasteiger partial charge in [0.25, 0.3) is 0 Å². The third-order valence-electron chi connectivity index (χ3n) is 5.65. The monoisotopic (exact) mass is 403 g/mol. The van der Waals surface area contributed by atoms with E-state index in [2.05, 4.69) is 20.4 Å². The van der Waals surface area contributed by atoms with Gasteiger partial charge in [0.05, 0.1) is 0 Å². The third kappa shape index (κ3) is 5.69. The molecule has 0 radical (unpaired) electrons. The van der Waals surface area contributed by atoms with Crippen LogP contribution in [0.25, 0.3) is 0 Å². The Kier molecular flexibility index (Phi) is 9.61. The third-order valence-corrected chi connectivity index (χ3v) is 5.65. The summed E-state index contributed by atoms with van der Waals surface area (Å²) < 4.78 is 0. The van der Waals surface area contributed by atoms with Crippen LogP contribution in [0.3, 0.4) is 0 Å². The number of halogens is 2. The molecule has 1 aliphatic heterocycles. The van der Waals surface area contributed by atoms with Gasteiger partial charge in [-0.2, -0.15) is 5.10 Å². The second-order valence-corrected chi connectivity index (χ2v) is 7.32. The molecule has 0 aromatic carbocycles. The minimum Gasteiger partial charge on any atom is -0.354 e. The molecule has 3 N–H and O–H groups in total. The van der Waals surface area contributed by atoms with Gasteiger partial charge in [-0.25, -0.2) is 0 Å². The van der Waals surface area contributed by atoms with Gasteiger partial charge in [0.1, 0.15) is 0 Å². The standard InChI is InChI=1S/C18H29N5O.2ClH/c19-14-18(8-2-1-3-9-18)12-17(24)20-13-15-6-5-11-23(15)16-7-4-10-21-22-16;;/h4,7,10,15H,1-3,5-6,8-9,11-14,19H2,(H,20,24);2*1H. The summed E-state index contributed by atoms with van der Waals surface area (Å²) in [6.07, 6.45) is 10.3. The molecule has 8 heteroatoms. The topological polar surface area (TPSA) is 84.1 Å². The molecule has 1 unspecified atom stereocenters. The fraction of sp³-hybridized carbons (Fsp3) is 0.722. The number of carbonyl (C=O) groups excluding carboxylic acids is 1. The Hall–Kier alpha value is -1.11. The van der Waals surface area contributed by atoms with E-state index >= 15 is 0 Å². The summed E-state index contributed by atoms with van der Waals surface area (Å²) in [4.78, 5) is 14.7. The molecule has 148 valence electrons. The lowest BCUT2D eigenvalue weighted by molar-refractivity contribution is -0.123. The number of carbonyl (C=O) groups is 1. The summed E-state index contributed by atoms with van der Waals surface area (Å²) in [5.41, 5.74) is 6.03. The summed E-state index contributed by atoms with van der Waals surface area (Å²) in [7, 11) is 0. The van der Waals surface area contributed by atoms with E-state index in [0.717, 1.165) is 38.0 Å². The summed E-state index contributed by atoms with van der Waals surface area (Å²) >= 11 is 0. The van der Waals surface area contributed by atoms with Crippen LogP contribution in [0.1, 0.15) is 51.4 Å². The zero-order chi connectivity index (χ0) is 16.8. The SMILES string of the molecule is Cl.Cl.NCC1(CC(=O)NCC2CCCN2c2cccnn2)CCCCC1. The van der Waals surface area contributed by atoms with Gasteiger partial charge in [0, 0.05) is 31.7 Å². The molecular formula is C18H31Cl2N5O. The van der Waals surface area contributed by atoms with Crippen molar-refractivity contribution in [2.75, 3.05) is 24.5 Å². The first-order chi connectivity index (χ1) is 11.7. The van der Waals surface area contributed by atoms with E-state index in [1.807, 2.05) is 12.1 Å². The molecule has 3 rings (SSSR count). The van der Waals surface area contributed by atoms with Gasteiger partial charge in [0.15, 0.2) is 5.82 Å². The molecule has 1 aromatic heterocycles. The van der Waals surface area contributed by atoms with Gasteiger partial charge >= 0.3 is 0 Å². The second-order valence-electron chi connectivity index (χ2n) is 7.32. The molecular weight excluding hydrogens is 373 g/mol. The van der Waals surface area contributed by atoms with Crippen molar-refractivity contribution in [2.45, 2.75) is 57.4 Å². The van der Waals surface area contributed by atoms with Crippen molar-refractivity contribution in [1.82, 2.24) is 15.5 Å². The number of nitrogens with zero attached hydrogens (tertiary/aromatic N) is 3. The Bertz CT molecular complexity index is 540. The van der Waals surface area contributed by atoms with E-state index in [-0.39, 0.29) is 36.1 Å². The molecule has 6 nitrogen and oxygen atoms in total. The molecule has 0 bridgehead atoms. The van der Waals surface area contributed by atoms with E-state index in [1.165, 1.54) is 19.3 Å². The zero-order valence-electron chi connectivity index (χ0n) is 15.2. The highest BCUT2D eigenvalue weighted by molar-refractivity contribution is 5.85. The normalized spacial score (nSPS) is 21.4. The number of hydrogen-bond acceptors (Lipinski definition) is 5. The van der Waals surface area contributed by atoms with Gasteiger partial charge in [-0.15, -0.1) is 29.9 Å². The van der Waals surface area contributed by atoms with Crippen LogP contribution < -0.4 is 16.0 Å². The average Bonchev–Trinajstić information content (AvgIpc) is 3.10. The van der Waals surface area contributed by atoms with Crippen LogP contribution in [0.15, 0.2) is 18.3 Å². The van der Waals surface area contributed by atoms with Gasteiger partial charge < -0.3 is 16.0 Å². The highest BCUT2D eigenvalue weighted by atomic mass is 35.5. The molecule has 2 aliphatic rings. The molecule has 1 saturated carbocycles. The van der Waals surface area contributed by atoms with E-state index in [1.54, 1.807) is 6.20 Å². The molecule has 1 aromatic rings. The minimum atomic E-state index is 0. The van der Waals surface area contributed by atoms with Crippen molar-refractivity contribution in [2.24, 2.45) is 11.1 Å². The Balaban J connectivity index is 0.00000169. The van der Waals surface area contributed by atoms with Crippen molar-refractivity contribution in [3.63, 3.8) is 0 Å². The largest absolute Gasteiger partial charge is 0.354 e. The van der Waals surface area contributed by atoms with Crippen molar-refractivity contribution in [1.29, 1.82) is 0 Å². The summed E-state index contributed by atoms with van der Waals surface area (Å²) in [5.74, 6) is 1.05. The van der Waals surface area contributed by atoms with Crippen LogP contribution in [-0.2, 0) is 4.79 Å². The number of nitrogens with two attached hydrogens (primary N) is 1. The molecule has 1 amide bonds. The summed E-state index contributed by atoms with van der Waals surface area (Å²) in [6, 6.07) is 4.20. The number of rotatable bonds is 6. The fourth-order valence-electron chi connectivity index (χ4n) is 4.19. The lowest BCUT2D eigenvalue weighted by Crippen LogP contribution is -2.43. The molecule has 26 heavy (non-hydrogen) atoms. The van der Waals surface area contributed by atoms with Gasteiger partial charge in [-0.1, -0.05) is 19.3 Å². The van der Waals surface area contributed by atoms with E-state index in [9.17, 15) is 4.79 Å². The van der Waals surface area contributed by atoms with Crippen LogP contribution in [0.5, 0.6) is 0 Å². The predicted octanol–water partition coefficient (Wildman–Crippen LogP) is 2.70. The van der Waals surface area contributed by atoms with Gasteiger partial charge in [0.2, 0.25) is 5.91 Å². The number of nitrogens with one attached hydrogen (secondary N) is 1.